The van der Waals surface area contributed by atoms with Gasteiger partial charge in [0.05, 0.1) is 4.92 Å². The average Bonchev–Trinajstić information content (AvgIpc) is 2.88. The minimum Gasteiger partial charge on any atom is -0.265 e. The number of nitro benzene ring substituents is 1. The molecule has 0 atom stereocenters. The van der Waals surface area contributed by atoms with E-state index in [0.717, 1.165) is 15.9 Å². The van der Waals surface area contributed by atoms with Gasteiger partial charge in [0.1, 0.15) is 10.7 Å². The fourth-order valence-electron chi connectivity index (χ4n) is 1.66. The number of aromatic nitrogens is 4. The SMILES string of the molecule is Cc1nnc2sc(-c3cccc([N+](=O)[O-])c3)nn2c1=O. The molecule has 0 aliphatic rings. The van der Waals surface area contributed by atoms with Crippen molar-refractivity contribution in [1.29, 1.82) is 0 Å². The summed E-state index contributed by atoms with van der Waals surface area (Å²) in [5.74, 6) is 0. The van der Waals surface area contributed by atoms with Gasteiger partial charge in [-0.25, -0.2) is 0 Å². The predicted molar refractivity (Wildman–Crippen MR) is 71.8 cm³/mol. The highest BCUT2D eigenvalue weighted by atomic mass is 32.1. The molecule has 2 aromatic heterocycles. The molecule has 0 amide bonds. The Labute approximate surface area is 115 Å². The molecule has 0 N–H and O–H groups in total. The number of aryl methyl sites for hydroxylation is 1. The van der Waals surface area contributed by atoms with E-state index < -0.39 is 4.92 Å². The van der Waals surface area contributed by atoms with Crippen LogP contribution in [0, 0.1) is 17.0 Å². The molecule has 0 aliphatic carbocycles. The summed E-state index contributed by atoms with van der Waals surface area (Å²) in [6.07, 6.45) is 0. The van der Waals surface area contributed by atoms with Crippen LogP contribution in [-0.4, -0.2) is 24.7 Å². The Balaban J connectivity index is 2.20. The van der Waals surface area contributed by atoms with Crippen LogP contribution in [0.2, 0.25) is 0 Å². The number of benzene rings is 1. The van der Waals surface area contributed by atoms with Crippen LogP contribution in [0.3, 0.4) is 0 Å². The first kappa shape index (κ1) is 12.4. The molecule has 0 aliphatic heterocycles. The van der Waals surface area contributed by atoms with Gasteiger partial charge in [-0.05, 0) is 6.92 Å². The van der Waals surface area contributed by atoms with E-state index in [9.17, 15) is 14.9 Å². The number of hydrogen-bond donors (Lipinski definition) is 0. The second kappa shape index (κ2) is 4.46. The summed E-state index contributed by atoms with van der Waals surface area (Å²) < 4.78 is 1.15. The summed E-state index contributed by atoms with van der Waals surface area (Å²) in [5.41, 5.74) is 0.435. The zero-order valence-corrected chi connectivity index (χ0v) is 11.0. The molecule has 0 spiro atoms. The van der Waals surface area contributed by atoms with Crippen molar-refractivity contribution < 1.29 is 4.92 Å². The highest BCUT2D eigenvalue weighted by molar-refractivity contribution is 7.19. The van der Waals surface area contributed by atoms with Crippen molar-refractivity contribution in [2.24, 2.45) is 0 Å². The van der Waals surface area contributed by atoms with Gasteiger partial charge in [0, 0.05) is 17.7 Å². The lowest BCUT2D eigenvalue weighted by atomic mass is 10.2. The fraction of sp³-hybridized carbons (Fsp3) is 0.0909. The Bertz CT molecular complexity index is 885. The molecule has 0 bridgehead atoms. The first-order chi connectivity index (χ1) is 9.56. The summed E-state index contributed by atoms with van der Waals surface area (Å²) in [6.45, 7) is 1.55. The lowest BCUT2D eigenvalue weighted by Crippen LogP contribution is -2.19. The molecule has 2 heterocycles. The number of nitro groups is 1. The highest BCUT2D eigenvalue weighted by Crippen LogP contribution is 2.26. The van der Waals surface area contributed by atoms with Crippen LogP contribution in [0.5, 0.6) is 0 Å². The molecule has 0 saturated heterocycles. The van der Waals surface area contributed by atoms with Crippen LogP contribution in [-0.2, 0) is 0 Å². The minimum absolute atomic E-state index is 0.0311. The maximum Gasteiger partial charge on any atom is 0.296 e. The third-order valence-electron chi connectivity index (χ3n) is 2.65. The van der Waals surface area contributed by atoms with Crippen LogP contribution in [0.1, 0.15) is 5.69 Å². The van der Waals surface area contributed by atoms with E-state index in [1.807, 2.05) is 0 Å². The molecule has 9 heteroatoms. The second-order valence-electron chi connectivity index (χ2n) is 4.00. The van der Waals surface area contributed by atoms with Gasteiger partial charge < -0.3 is 0 Å². The summed E-state index contributed by atoms with van der Waals surface area (Å²) in [4.78, 5) is 22.5. The predicted octanol–water partition coefficient (Wildman–Crippen LogP) is 1.43. The number of fused-ring (bicyclic) bond motifs is 1. The molecule has 0 radical (unpaired) electrons. The molecule has 3 rings (SSSR count). The van der Waals surface area contributed by atoms with Gasteiger partial charge in [0.2, 0.25) is 4.96 Å². The van der Waals surface area contributed by atoms with Crippen molar-refractivity contribution in [2.45, 2.75) is 6.92 Å². The second-order valence-corrected chi connectivity index (χ2v) is 4.96. The molecular weight excluding hydrogens is 282 g/mol. The number of non-ortho nitro benzene ring substituents is 1. The molecular formula is C11H7N5O3S. The first-order valence-electron chi connectivity index (χ1n) is 5.54. The summed E-state index contributed by atoms with van der Waals surface area (Å²) >= 11 is 1.15. The maximum atomic E-state index is 11.8. The lowest BCUT2D eigenvalue weighted by molar-refractivity contribution is -0.384. The maximum absolute atomic E-state index is 11.8. The van der Waals surface area contributed by atoms with Crippen molar-refractivity contribution in [3.8, 4) is 10.6 Å². The van der Waals surface area contributed by atoms with Crippen LogP contribution in [0.25, 0.3) is 15.5 Å². The Morgan fingerprint density at radius 1 is 1.35 bits per heavy atom. The summed E-state index contributed by atoms with van der Waals surface area (Å²) in [7, 11) is 0. The Hall–Kier alpha value is -2.68. The van der Waals surface area contributed by atoms with Gasteiger partial charge in [-0.15, -0.1) is 10.2 Å². The first-order valence-corrected chi connectivity index (χ1v) is 6.36. The lowest BCUT2D eigenvalue weighted by Gasteiger charge is -1.94. The third kappa shape index (κ3) is 1.93. The fourth-order valence-corrected chi connectivity index (χ4v) is 2.49. The van der Waals surface area contributed by atoms with Crippen molar-refractivity contribution >= 4 is 22.0 Å². The van der Waals surface area contributed by atoms with Gasteiger partial charge in [-0.1, -0.05) is 23.5 Å². The van der Waals surface area contributed by atoms with Crippen LogP contribution in [0.15, 0.2) is 29.1 Å². The average molecular weight is 289 g/mol. The number of hydrogen-bond acceptors (Lipinski definition) is 7. The molecule has 8 nitrogen and oxygen atoms in total. The quantitative estimate of drug-likeness (QED) is 0.522. The summed E-state index contributed by atoms with van der Waals surface area (Å²) in [6, 6.07) is 6.06. The van der Waals surface area contributed by atoms with Crippen molar-refractivity contribution in [1.82, 2.24) is 19.8 Å². The zero-order valence-electron chi connectivity index (χ0n) is 10.2. The highest BCUT2D eigenvalue weighted by Gasteiger charge is 2.13. The molecule has 0 fully saturated rings. The standard InChI is InChI=1S/C11H7N5O3S/c1-6-10(17)15-11(13-12-6)20-9(14-15)7-3-2-4-8(5-7)16(18)19/h2-5H,1H3. The Kier molecular flexibility index (Phi) is 2.75. The minimum atomic E-state index is -0.479. The largest absolute Gasteiger partial charge is 0.296 e. The van der Waals surface area contributed by atoms with Gasteiger partial charge in [0.15, 0.2) is 0 Å². The van der Waals surface area contributed by atoms with Gasteiger partial charge in [0.25, 0.3) is 11.2 Å². The molecule has 3 aromatic rings. The van der Waals surface area contributed by atoms with Gasteiger partial charge in [-0.2, -0.15) is 9.61 Å². The van der Waals surface area contributed by atoms with Gasteiger partial charge in [-0.3, -0.25) is 14.9 Å². The van der Waals surface area contributed by atoms with Gasteiger partial charge >= 0.3 is 0 Å². The topological polar surface area (TPSA) is 103 Å². The Morgan fingerprint density at radius 3 is 2.90 bits per heavy atom. The van der Waals surface area contributed by atoms with Crippen molar-refractivity contribution in [3.63, 3.8) is 0 Å². The number of rotatable bonds is 2. The third-order valence-corrected chi connectivity index (χ3v) is 3.60. The molecule has 0 saturated carbocycles. The number of nitrogens with zero attached hydrogens (tertiary/aromatic N) is 5. The van der Waals surface area contributed by atoms with Crippen molar-refractivity contribution in [2.75, 3.05) is 0 Å². The van der Waals surface area contributed by atoms with E-state index >= 15 is 0 Å². The van der Waals surface area contributed by atoms with Crippen molar-refractivity contribution in [3.05, 3.63) is 50.4 Å². The van der Waals surface area contributed by atoms with Crippen LogP contribution < -0.4 is 5.56 Å². The van der Waals surface area contributed by atoms with E-state index in [-0.39, 0.29) is 16.9 Å². The molecule has 1 aromatic carbocycles. The normalized spacial score (nSPS) is 10.8. The van der Waals surface area contributed by atoms with E-state index in [1.165, 1.54) is 12.1 Å². The van der Waals surface area contributed by atoms with E-state index in [4.69, 9.17) is 0 Å². The van der Waals surface area contributed by atoms with Crippen LogP contribution >= 0.6 is 11.3 Å². The van der Waals surface area contributed by atoms with Crippen LogP contribution in [0.4, 0.5) is 5.69 Å². The molecule has 0 unspecified atom stereocenters. The van der Waals surface area contributed by atoms with E-state index in [1.54, 1.807) is 19.1 Å². The van der Waals surface area contributed by atoms with E-state index in [0.29, 0.717) is 15.5 Å². The van der Waals surface area contributed by atoms with E-state index in [2.05, 4.69) is 15.3 Å². The smallest absolute Gasteiger partial charge is 0.265 e. The summed E-state index contributed by atoms with van der Waals surface area (Å²) in [5, 5.41) is 23.0. The Morgan fingerprint density at radius 2 is 2.15 bits per heavy atom. The zero-order chi connectivity index (χ0) is 14.3. The molecule has 20 heavy (non-hydrogen) atoms. The molecule has 100 valence electrons. The monoisotopic (exact) mass is 289 g/mol.